The number of benzene rings is 1. The number of aromatic nitrogens is 2. The molecule has 1 aromatic heterocycles. The number of imidazole rings is 1. The fourth-order valence-electron chi connectivity index (χ4n) is 2.32. The molecule has 0 radical (unpaired) electrons. The highest BCUT2D eigenvalue weighted by atomic mass is 79.9. The Morgan fingerprint density at radius 2 is 2.00 bits per heavy atom. The minimum atomic E-state index is -3.74. The molecule has 1 saturated heterocycles. The van der Waals surface area contributed by atoms with Crippen molar-refractivity contribution in [1.82, 2.24) is 9.97 Å². The highest BCUT2D eigenvalue weighted by molar-refractivity contribution is 9.10. The number of nitrogens with one attached hydrogen (secondary N) is 1. The van der Waals surface area contributed by atoms with E-state index < -0.39 is 15.3 Å². The lowest BCUT2D eigenvalue weighted by molar-refractivity contribution is -0.117. The normalized spacial score (nSPS) is 18.9. The van der Waals surface area contributed by atoms with Crippen molar-refractivity contribution in [3.8, 4) is 11.3 Å². The highest BCUT2D eigenvalue weighted by Crippen LogP contribution is 2.25. The SMILES string of the molecule is NS(=O)(=O)C1CC(=O)N(c2ncc(-c3ccc(Br)cc3)[nH]2)C1. The van der Waals surface area contributed by atoms with Gasteiger partial charge in [0.25, 0.3) is 0 Å². The van der Waals surface area contributed by atoms with E-state index in [4.69, 9.17) is 5.14 Å². The van der Waals surface area contributed by atoms with Gasteiger partial charge in [0, 0.05) is 17.4 Å². The van der Waals surface area contributed by atoms with Crippen molar-refractivity contribution >= 4 is 37.8 Å². The number of rotatable bonds is 3. The van der Waals surface area contributed by atoms with Crippen LogP contribution in [0, 0.1) is 0 Å². The van der Waals surface area contributed by atoms with Crippen LogP contribution in [0.15, 0.2) is 34.9 Å². The molecule has 1 unspecified atom stereocenters. The number of aromatic amines is 1. The molecular formula is C13H13BrN4O3S. The van der Waals surface area contributed by atoms with Crippen LogP contribution in [0.2, 0.25) is 0 Å². The number of halogens is 1. The number of anilines is 1. The standard InChI is InChI=1S/C13H13BrN4O3S/c14-9-3-1-8(2-4-9)11-6-16-13(17-11)18-7-10(5-12(18)19)22(15,20)21/h1-4,6,10H,5,7H2,(H,16,17)(H2,15,20,21). The van der Waals surface area contributed by atoms with E-state index in [0.29, 0.717) is 5.95 Å². The van der Waals surface area contributed by atoms with Crippen molar-refractivity contribution in [3.05, 3.63) is 34.9 Å². The average molecular weight is 385 g/mol. The summed E-state index contributed by atoms with van der Waals surface area (Å²) in [6.07, 6.45) is 1.49. The van der Waals surface area contributed by atoms with E-state index in [2.05, 4.69) is 25.9 Å². The average Bonchev–Trinajstić information content (AvgIpc) is 3.05. The molecule has 0 bridgehead atoms. The molecule has 1 aliphatic heterocycles. The predicted octanol–water partition coefficient (Wildman–Crippen LogP) is 1.23. The Balaban J connectivity index is 1.85. The number of nitrogens with two attached hydrogens (primary N) is 1. The van der Waals surface area contributed by atoms with Crippen LogP contribution >= 0.6 is 15.9 Å². The highest BCUT2D eigenvalue weighted by Gasteiger charge is 2.38. The fraction of sp³-hybridized carbons (Fsp3) is 0.231. The number of hydrogen-bond acceptors (Lipinski definition) is 4. The second-order valence-corrected chi connectivity index (χ2v) is 7.81. The molecule has 1 atom stereocenters. The first-order valence-electron chi connectivity index (χ1n) is 6.47. The molecule has 3 N–H and O–H groups in total. The van der Waals surface area contributed by atoms with Gasteiger partial charge in [-0.25, -0.2) is 18.5 Å². The Morgan fingerprint density at radius 3 is 2.59 bits per heavy atom. The zero-order chi connectivity index (χ0) is 15.9. The van der Waals surface area contributed by atoms with E-state index in [1.807, 2.05) is 24.3 Å². The summed E-state index contributed by atoms with van der Waals surface area (Å²) in [5.41, 5.74) is 1.66. The van der Waals surface area contributed by atoms with E-state index in [0.717, 1.165) is 15.7 Å². The third-order valence-corrected chi connectivity index (χ3v) is 5.30. The Morgan fingerprint density at radius 1 is 1.32 bits per heavy atom. The quantitative estimate of drug-likeness (QED) is 0.828. The second kappa shape index (κ2) is 5.49. The lowest BCUT2D eigenvalue weighted by Gasteiger charge is -2.12. The van der Waals surface area contributed by atoms with Crippen molar-refractivity contribution in [2.75, 3.05) is 11.4 Å². The summed E-state index contributed by atoms with van der Waals surface area (Å²) in [6, 6.07) is 7.60. The van der Waals surface area contributed by atoms with Gasteiger partial charge < -0.3 is 4.98 Å². The van der Waals surface area contributed by atoms with Gasteiger partial charge in [0.2, 0.25) is 21.9 Å². The zero-order valence-corrected chi connectivity index (χ0v) is 13.8. The first kappa shape index (κ1) is 15.2. The molecule has 1 aromatic carbocycles. The molecule has 7 nitrogen and oxygen atoms in total. The summed E-state index contributed by atoms with van der Waals surface area (Å²) >= 11 is 3.36. The van der Waals surface area contributed by atoms with Crippen molar-refractivity contribution in [2.24, 2.45) is 5.14 Å². The van der Waals surface area contributed by atoms with Crippen LogP contribution in [0.4, 0.5) is 5.95 Å². The summed E-state index contributed by atoms with van der Waals surface area (Å²) in [4.78, 5) is 20.5. The second-order valence-electron chi connectivity index (χ2n) is 5.05. The van der Waals surface area contributed by atoms with E-state index in [1.165, 1.54) is 4.90 Å². The number of hydrogen-bond donors (Lipinski definition) is 2. The Hall–Kier alpha value is -1.71. The molecule has 22 heavy (non-hydrogen) atoms. The van der Waals surface area contributed by atoms with Crippen molar-refractivity contribution in [2.45, 2.75) is 11.7 Å². The van der Waals surface area contributed by atoms with E-state index in [-0.39, 0.29) is 18.9 Å². The maximum Gasteiger partial charge on any atom is 0.230 e. The van der Waals surface area contributed by atoms with Gasteiger partial charge in [-0.2, -0.15) is 0 Å². The van der Waals surface area contributed by atoms with Crippen LogP contribution in [0.25, 0.3) is 11.3 Å². The molecule has 116 valence electrons. The minimum absolute atomic E-state index is 0.0188. The maximum absolute atomic E-state index is 12.0. The van der Waals surface area contributed by atoms with Crippen LogP contribution in [0.1, 0.15) is 6.42 Å². The van der Waals surface area contributed by atoms with Crippen molar-refractivity contribution in [3.63, 3.8) is 0 Å². The maximum atomic E-state index is 12.0. The molecule has 9 heteroatoms. The topological polar surface area (TPSA) is 109 Å². The van der Waals surface area contributed by atoms with Gasteiger partial charge >= 0.3 is 0 Å². The van der Waals surface area contributed by atoms with E-state index >= 15 is 0 Å². The summed E-state index contributed by atoms with van der Waals surface area (Å²) in [7, 11) is -3.74. The summed E-state index contributed by atoms with van der Waals surface area (Å²) < 4.78 is 23.7. The molecule has 1 fully saturated rings. The van der Waals surface area contributed by atoms with Gasteiger partial charge in [0.1, 0.15) is 5.25 Å². The lowest BCUT2D eigenvalue weighted by Crippen LogP contribution is -2.32. The number of carbonyl (C=O) groups is 1. The molecule has 2 aromatic rings. The summed E-state index contributed by atoms with van der Waals surface area (Å²) in [6.45, 7) is 0.0188. The number of carbonyl (C=O) groups excluding carboxylic acids is 1. The fourth-order valence-corrected chi connectivity index (χ4v) is 3.32. The van der Waals surface area contributed by atoms with Gasteiger partial charge in [-0.05, 0) is 17.7 Å². The van der Waals surface area contributed by atoms with Gasteiger partial charge in [0.15, 0.2) is 0 Å². The Bertz CT molecular complexity index is 816. The first-order valence-corrected chi connectivity index (χ1v) is 8.88. The number of amides is 1. The summed E-state index contributed by atoms with van der Waals surface area (Å²) in [5, 5.41) is 4.22. The zero-order valence-electron chi connectivity index (χ0n) is 11.4. The molecular weight excluding hydrogens is 372 g/mol. The molecule has 0 aliphatic carbocycles. The molecule has 3 rings (SSSR count). The Labute approximate surface area is 135 Å². The number of primary sulfonamides is 1. The van der Waals surface area contributed by atoms with Crippen LogP contribution in [-0.4, -0.2) is 36.1 Å². The third kappa shape index (κ3) is 2.92. The smallest absolute Gasteiger partial charge is 0.230 e. The summed E-state index contributed by atoms with van der Waals surface area (Å²) in [5.74, 6) is 0.0183. The monoisotopic (exact) mass is 384 g/mol. The van der Waals surface area contributed by atoms with Crippen LogP contribution in [0.3, 0.4) is 0 Å². The van der Waals surface area contributed by atoms with Gasteiger partial charge in [-0.1, -0.05) is 28.1 Å². The Kier molecular flexibility index (Phi) is 3.79. The number of H-pyrrole nitrogens is 1. The lowest BCUT2D eigenvalue weighted by atomic mass is 10.2. The van der Waals surface area contributed by atoms with Gasteiger partial charge in [-0.3, -0.25) is 9.69 Å². The van der Waals surface area contributed by atoms with E-state index in [1.54, 1.807) is 6.20 Å². The first-order chi connectivity index (χ1) is 10.3. The van der Waals surface area contributed by atoms with E-state index in [9.17, 15) is 13.2 Å². The molecule has 2 heterocycles. The van der Waals surface area contributed by atoms with Crippen molar-refractivity contribution in [1.29, 1.82) is 0 Å². The molecule has 0 spiro atoms. The van der Waals surface area contributed by atoms with Crippen LogP contribution in [0.5, 0.6) is 0 Å². The van der Waals surface area contributed by atoms with Crippen LogP contribution < -0.4 is 10.0 Å². The number of nitrogens with zero attached hydrogens (tertiary/aromatic N) is 2. The predicted molar refractivity (Wildman–Crippen MR) is 85.6 cm³/mol. The van der Waals surface area contributed by atoms with Crippen LogP contribution in [-0.2, 0) is 14.8 Å². The molecule has 1 amide bonds. The van der Waals surface area contributed by atoms with Gasteiger partial charge in [-0.15, -0.1) is 0 Å². The van der Waals surface area contributed by atoms with Crippen molar-refractivity contribution < 1.29 is 13.2 Å². The molecule has 0 saturated carbocycles. The minimum Gasteiger partial charge on any atom is -0.324 e. The van der Waals surface area contributed by atoms with Gasteiger partial charge in [0.05, 0.1) is 11.9 Å². The third-order valence-electron chi connectivity index (χ3n) is 3.53. The number of sulfonamides is 1. The molecule has 1 aliphatic rings. The largest absolute Gasteiger partial charge is 0.324 e.